The van der Waals surface area contributed by atoms with Crippen molar-refractivity contribution in [3.63, 3.8) is 0 Å². The van der Waals surface area contributed by atoms with E-state index in [9.17, 15) is 4.79 Å². The maximum atomic E-state index is 11.8. The van der Waals surface area contributed by atoms with E-state index in [4.69, 9.17) is 20.9 Å². The molecule has 1 heterocycles. The van der Waals surface area contributed by atoms with Crippen LogP contribution in [0.3, 0.4) is 0 Å². The number of hydrogen-bond acceptors (Lipinski definition) is 5. The van der Waals surface area contributed by atoms with Crippen LogP contribution >= 0.6 is 11.6 Å². The Morgan fingerprint density at radius 2 is 2.04 bits per heavy atom. The van der Waals surface area contributed by atoms with E-state index in [1.807, 2.05) is 26.0 Å². The number of aryl methyl sites for hydroxylation is 1. The van der Waals surface area contributed by atoms with Crippen LogP contribution in [0.4, 0.5) is 0 Å². The Morgan fingerprint density at radius 1 is 1.28 bits per heavy atom. The molecule has 1 aromatic carbocycles. The number of halogens is 1. The van der Waals surface area contributed by atoms with Gasteiger partial charge >= 0.3 is 0 Å². The number of amides is 1. The van der Waals surface area contributed by atoms with Crippen molar-refractivity contribution >= 4 is 17.5 Å². The minimum Gasteiger partial charge on any atom is -0.379 e. The van der Waals surface area contributed by atoms with Crippen molar-refractivity contribution in [3.8, 4) is 11.4 Å². The molecule has 0 aliphatic rings. The van der Waals surface area contributed by atoms with Crippen molar-refractivity contribution in [1.82, 2.24) is 15.5 Å². The first-order chi connectivity index (χ1) is 12.0. The van der Waals surface area contributed by atoms with Crippen molar-refractivity contribution < 1.29 is 14.1 Å². The second-order valence-corrected chi connectivity index (χ2v) is 6.43. The predicted molar refractivity (Wildman–Crippen MR) is 96.4 cm³/mol. The van der Waals surface area contributed by atoms with Crippen LogP contribution in [0.2, 0.25) is 5.02 Å². The third-order valence-corrected chi connectivity index (χ3v) is 3.71. The molecule has 0 unspecified atom stereocenters. The van der Waals surface area contributed by atoms with E-state index in [-0.39, 0.29) is 12.0 Å². The van der Waals surface area contributed by atoms with E-state index in [0.29, 0.717) is 49.2 Å². The zero-order valence-corrected chi connectivity index (χ0v) is 15.4. The predicted octanol–water partition coefficient (Wildman–Crippen LogP) is 3.64. The number of benzene rings is 1. The summed E-state index contributed by atoms with van der Waals surface area (Å²) >= 11 is 5.86. The van der Waals surface area contributed by atoms with Gasteiger partial charge in [0.2, 0.25) is 17.6 Å². The lowest BCUT2D eigenvalue weighted by Crippen LogP contribution is -2.25. The van der Waals surface area contributed by atoms with Gasteiger partial charge in [0.25, 0.3) is 0 Å². The van der Waals surface area contributed by atoms with Gasteiger partial charge in [-0.05, 0) is 51.0 Å². The average molecular weight is 366 g/mol. The molecule has 2 rings (SSSR count). The fraction of sp³-hybridized carbons (Fsp3) is 0.500. The SMILES string of the molecule is CC(C)OCCCNC(=O)CCCc1nc(-c2ccc(Cl)cc2)no1. The number of rotatable bonds is 10. The molecular formula is C18H24ClN3O3. The van der Waals surface area contributed by atoms with Crippen molar-refractivity contribution in [2.75, 3.05) is 13.2 Å². The molecule has 0 fully saturated rings. The van der Waals surface area contributed by atoms with Gasteiger partial charge in [-0.3, -0.25) is 4.79 Å². The molecule has 0 aliphatic carbocycles. The molecule has 7 heteroatoms. The first kappa shape index (κ1) is 19.4. The van der Waals surface area contributed by atoms with Crippen LogP contribution in [0.5, 0.6) is 0 Å². The second kappa shape index (κ2) is 10.2. The van der Waals surface area contributed by atoms with E-state index >= 15 is 0 Å². The fourth-order valence-electron chi connectivity index (χ4n) is 2.18. The molecule has 2 aromatic rings. The Bertz CT molecular complexity index is 656. The monoisotopic (exact) mass is 365 g/mol. The lowest BCUT2D eigenvalue weighted by molar-refractivity contribution is -0.121. The molecule has 0 saturated carbocycles. The number of ether oxygens (including phenoxy) is 1. The molecule has 25 heavy (non-hydrogen) atoms. The Balaban J connectivity index is 1.65. The molecule has 1 N–H and O–H groups in total. The molecule has 1 amide bonds. The summed E-state index contributed by atoms with van der Waals surface area (Å²) in [5, 5.41) is 7.50. The maximum absolute atomic E-state index is 11.8. The summed E-state index contributed by atoms with van der Waals surface area (Å²) in [4.78, 5) is 16.1. The van der Waals surface area contributed by atoms with Gasteiger partial charge in [0.05, 0.1) is 6.10 Å². The van der Waals surface area contributed by atoms with Gasteiger partial charge in [-0.1, -0.05) is 16.8 Å². The molecule has 0 radical (unpaired) electrons. The minimum atomic E-state index is 0.0296. The lowest BCUT2D eigenvalue weighted by Gasteiger charge is -2.08. The number of carbonyl (C=O) groups excluding carboxylic acids is 1. The van der Waals surface area contributed by atoms with Crippen molar-refractivity contribution in [3.05, 3.63) is 35.2 Å². The smallest absolute Gasteiger partial charge is 0.226 e. The Kier molecular flexibility index (Phi) is 7.88. The zero-order chi connectivity index (χ0) is 18.1. The molecule has 0 bridgehead atoms. The summed E-state index contributed by atoms with van der Waals surface area (Å²) < 4.78 is 10.6. The Morgan fingerprint density at radius 3 is 2.76 bits per heavy atom. The van der Waals surface area contributed by atoms with Crippen molar-refractivity contribution in [2.45, 2.75) is 45.6 Å². The summed E-state index contributed by atoms with van der Waals surface area (Å²) in [6.07, 6.45) is 2.71. The minimum absolute atomic E-state index is 0.0296. The van der Waals surface area contributed by atoms with Gasteiger partial charge in [-0.15, -0.1) is 0 Å². The summed E-state index contributed by atoms with van der Waals surface area (Å²) in [5.74, 6) is 1.09. The first-order valence-corrected chi connectivity index (χ1v) is 8.89. The summed E-state index contributed by atoms with van der Waals surface area (Å²) in [5.41, 5.74) is 0.848. The van der Waals surface area contributed by atoms with E-state index in [1.165, 1.54) is 0 Å². The molecule has 0 atom stereocenters. The molecule has 136 valence electrons. The van der Waals surface area contributed by atoms with Crippen molar-refractivity contribution in [1.29, 1.82) is 0 Å². The van der Waals surface area contributed by atoms with Crippen LogP contribution in [0.15, 0.2) is 28.8 Å². The molecule has 1 aromatic heterocycles. The van der Waals surface area contributed by atoms with Crippen LogP contribution in [-0.2, 0) is 16.0 Å². The highest BCUT2D eigenvalue weighted by atomic mass is 35.5. The van der Waals surface area contributed by atoms with Crippen LogP contribution < -0.4 is 5.32 Å². The highest BCUT2D eigenvalue weighted by Crippen LogP contribution is 2.19. The number of aromatic nitrogens is 2. The fourth-order valence-corrected chi connectivity index (χ4v) is 2.31. The Hall–Kier alpha value is -1.92. The summed E-state index contributed by atoms with van der Waals surface area (Å²) in [7, 11) is 0. The first-order valence-electron chi connectivity index (χ1n) is 8.51. The van der Waals surface area contributed by atoms with Crippen LogP contribution in [0, 0.1) is 0 Å². The van der Waals surface area contributed by atoms with Gasteiger partial charge in [0.1, 0.15) is 0 Å². The van der Waals surface area contributed by atoms with Crippen LogP contribution in [0.25, 0.3) is 11.4 Å². The number of nitrogens with one attached hydrogen (secondary N) is 1. The molecular weight excluding hydrogens is 342 g/mol. The highest BCUT2D eigenvalue weighted by Gasteiger charge is 2.09. The molecule has 0 saturated heterocycles. The van der Waals surface area contributed by atoms with E-state index < -0.39 is 0 Å². The molecule has 6 nitrogen and oxygen atoms in total. The van der Waals surface area contributed by atoms with Gasteiger partial charge in [-0.25, -0.2) is 0 Å². The maximum Gasteiger partial charge on any atom is 0.226 e. The normalized spacial score (nSPS) is 11.0. The Labute approximate surface area is 152 Å². The van der Waals surface area contributed by atoms with Crippen molar-refractivity contribution in [2.24, 2.45) is 0 Å². The van der Waals surface area contributed by atoms with Gasteiger partial charge in [0.15, 0.2) is 0 Å². The van der Waals surface area contributed by atoms with Gasteiger partial charge in [0, 0.05) is 36.6 Å². The third-order valence-electron chi connectivity index (χ3n) is 3.46. The number of nitrogens with zero attached hydrogens (tertiary/aromatic N) is 2. The van der Waals surface area contributed by atoms with E-state index in [1.54, 1.807) is 12.1 Å². The second-order valence-electron chi connectivity index (χ2n) is 6.00. The largest absolute Gasteiger partial charge is 0.379 e. The standard InChI is InChI=1S/C18H24ClN3O3/c1-13(2)24-12-4-11-20-16(23)5-3-6-17-21-18(22-25-17)14-7-9-15(19)10-8-14/h7-10,13H,3-6,11-12H2,1-2H3,(H,20,23). The molecule has 0 spiro atoms. The van der Waals surface area contributed by atoms with Gasteiger partial charge < -0.3 is 14.6 Å². The number of carbonyl (C=O) groups is 1. The van der Waals surface area contributed by atoms with E-state index in [2.05, 4.69) is 15.5 Å². The summed E-state index contributed by atoms with van der Waals surface area (Å²) in [6.45, 7) is 5.28. The van der Waals surface area contributed by atoms with Crippen LogP contribution in [-0.4, -0.2) is 35.3 Å². The summed E-state index contributed by atoms with van der Waals surface area (Å²) in [6, 6.07) is 7.24. The van der Waals surface area contributed by atoms with E-state index in [0.717, 1.165) is 12.0 Å². The zero-order valence-electron chi connectivity index (χ0n) is 14.6. The molecule has 0 aliphatic heterocycles. The van der Waals surface area contributed by atoms with Crippen LogP contribution in [0.1, 0.15) is 39.0 Å². The average Bonchev–Trinajstić information content (AvgIpc) is 3.04. The number of hydrogen-bond donors (Lipinski definition) is 1. The van der Waals surface area contributed by atoms with Gasteiger partial charge in [-0.2, -0.15) is 4.98 Å². The lowest BCUT2D eigenvalue weighted by atomic mass is 10.2. The third kappa shape index (κ3) is 7.23. The highest BCUT2D eigenvalue weighted by molar-refractivity contribution is 6.30. The quantitative estimate of drug-likeness (QED) is 0.650. The topological polar surface area (TPSA) is 77.2 Å².